The predicted octanol–water partition coefficient (Wildman–Crippen LogP) is 0.302. The first kappa shape index (κ1) is 12.1. The van der Waals surface area contributed by atoms with Crippen molar-refractivity contribution in [3.8, 4) is 0 Å². The lowest BCUT2D eigenvalue weighted by Gasteiger charge is -2.25. The first-order valence-corrected chi connectivity index (χ1v) is 5.77. The van der Waals surface area contributed by atoms with Gasteiger partial charge in [0.2, 0.25) is 5.91 Å². The fourth-order valence-corrected chi connectivity index (χ4v) is 1.88. The van der Waals surface area contributed by atoms with Crippen LogP contribution in [-0.4, -0.2) is 31.7 Å². The summed E-state index contributed by atoms with van der Waals surface area (Å²) in [6, 6.07) is 3.49. The first-order valence-electron chi connectivity index (χ1n) is 5.77. The molecule has 1 fully saturated rings. The number of hydrogen-bond donors (Lipinski definition) is 2. The van der Waals surface area contributed by atoms with Crippen molar-refractivity contribution in [3.63, 3.8) is 0 Å². The molecule has 1 amide bonds. The van der Waals surface area contributed by atoms with Gasteiger partial charge in [0.05, 0.1) is 24.9 Å². The van der Waals surface area contributed by atoms with Gasteiger partial charge in [-0.3, -0.25) is 4.79 Å². The van der Waals surface area contributed by atoms with Crippen LogP contribution in [0.1, 0.15) is 12.7 Å². The molecule has 1 aliphatic heterocycles. The van der Waals surface area contributed by atoms with Crippen molar-refractivity contribution < 1.29 is 13.9 Å². The molecule has 1 aromatic heterocycles. The van der Waals surface area contributed by atoms with Gasteiger partial charge in [0, 0.05) is 19.0 Å². The number of rotatable bonds is 4. The van der Waals surface area contributed by atoms with Crippen LogP contribution in [0.25, 0.3) is 0 Å². The Morgan fingerprint density at radius 1 is 1.71 bits per heavy atom. The minimum Gasteiger partial charge on any atom is -0.469 e. The predicted molar refractivity (Wildman–Crippen MR) is 62.3 cm³/mol. The van der Waals surface area contributed by atoms with Crippen molar-refractivity contribution in [2.45, 2.75) is 19.4 Å². The van der Waals surface area contributed by atoms with Crippen LogP contribution in [0.2, 0.25) is 0 Å². The van der Waals surface area contributed by atoms with Gasteiger partial charge in [-0.1, -0.05) is 0 Å². The molecule has 0 radical (unpaired) electrons. The highest BCUT2D eigenvalue weighted by Crippen LogP contribution is 2.26. The largest absolute Gasteiger partial charge is 0.469 e. The van der Waals surface area contributed by atoms with Crippen LogP contribution in [0.4, 0.5) is 0 Å². The van der Waals surface area contributed by atoms with Crippen LogP contribution in [-0.2, 0) is 16.0 Å². The van der Waals surface area contributed by atoms with Crippen LogP contribution >= 0.6 is 0 Å². The highest BCUT2D eigenvalue weighted by Gasteiger charge is 2.44. The van der Waals surface area contributed by atoms with Crippen LogP contribution in [0, 0.1) is 5.41 Å². The number of nitrogens with two attached hydrogens (primary N) is 1. The third kappa shape index (κ3) is 2.50. The van der Waals surface area contributed by atoms with Crippen molar-refractivity contribution in [2.75, 3.05) is 19.8 Å². The van der Waals surface area contributed by atoms with E-state index in [1.165, 1.54) is 0 Å². The van der Waals surface area contributed by atoms with E-state index in [2.05, 4.69) is 5.32 Å². The molecule has 0 aromatic carbocycles. The van der Waals surface area contributed by atoms with Crippen molar-refractivity contribution in [1.82, 2.24) is 5.32 Å². The summed E-state index contributed by atoms with van der Waals surface area (Å²) in [4.78, 5) is 12.0. The second-order valence-electron chi connectivity index (χ2n) is 4.62. The molecule has 0 bridgehead atoms. The van der Waals surface area contributed by atoms with E-state index in [-0.39, 0.29) is 11.9 Å². The number of ether oxygens (including phenoxy) is 1. The van der Waals surface area contributed by atoms with Crippen LogP contribution in [0.15, 0.2) is 22.8 Å². The Morgan fingerprint density at radius 3 is 3.12 bits per heavy atom. The van der Waals surface area contributed by atoms with Crippen LogP contribution in [0.3, 0.4) is 0 Å². The average molecular weight is 238 g/mol. The maximum atomic E-state index is 12.0. The van der Waals surface area contributed by atoms with Crippen molar-refractivity contribution in [3.05, 3.63) is 24.2 Å². The maximum absolute atomic E-state index is 12.0. The molecule has 2 atom stereocenters. The van der Waals surface area contributed by atoms with E-state index in [0.717, 1.165) is 5.76 Å². The topological polar surface area (TPSA) is 77.5 Å². The maximum Gasteiger partial charge on any atom is 0.229 e. The summed E-state index contributed by atoms with van der Waals surface area (Å²) < 4.78 is 10.4. The van der Waals surface area contributed by atoms with Gasteiger partial charge in [-0.05, 0) is 19.1 Å². The van der Waals surface area contributed by atoms with Gasteiger partial charge in [-0.2, -0.15) is 0 Å². The molecule has 2 unspecified atom stereocenters. The van der Waals surface area contributed by atoms with Crippen LogP contribution < -0.4 is 11.1 Å². The number of nitrogens with one attached hydrogen (secondary N) is 1. The Balaban J connectivity index is 1.81. The van der Waals surface area contributed by atoms with E-state index in [9.17, 15) is 4.79 Å². The van der Waals surface area contributed by atoms with Gasteiger partial charge in [0.25, 0.3) is 0 Å². The molecule has 1 saturated heterocycles. The molecule has 1 aromatic rings. The summed E-state index contributed by atoms with van der Waals surface area (Å²) in [7, 11) is 0. The minimum atomic E-state index is -0.608. The third-order valence-electron chi connectivity index (χ3n) is 3.27. The monoisotopic (exact) mass is 238 g/mol. The molecule has 0 saturated carbocycles. The Bertz CT molecular complexity index is 377. The van der Waals surface area contributed by atoms with E-state index in [0.29, 0.717) is 26.2 Å². The number of carbonyl (C=O) groups excluding carboxylic acids is 1. The molecule has 5 heteroatoms. The van der Waals surface area contributed by atoms with Gasteiger partial charge < -0.3 is 20.2 Å². The summed E-state index contributed by atoms with van der Waals surface area (Å²) in [5.41, 5.74) is 5.27. The van der Waals surface area contributed by atoms with E-state index >= 15 is 0 Å². The summed E-state index contributed by atoms with van der Waals surface area (Å²) in [5, 5.41) is 2.87. The van der Waals surface area contributed by atoms with Crippen molar-refractivity contribution >= 4 is 5.91 Å². The lowest BCUT2D eigenvalue weighted by Crippen LogP contribution is -2.50. The average Bonchev–Trinajstić information content (AvgIpc) is 2.91. The smallest absolute Gasteiger partial charge is 0.229 e. The molecular weight excluding hydrogens is 220 g/mol. The number of carbonyl (C=O) groups is 1. The standard InChI is InChI=1S/C12H18N2O3/c1-12(8-16-7-10(12)13)11(15)14-5-4-9-3-2-6-17-9/h2-3,6,10H,4-5,7-8,13H2,1H3,(H,14,15). The molecule has 2 heterocycles. The molecule has 3 N–H and O–H groups in total. The molecule has 1 aliphatic rings. The Kier molecular flexibility index (Phi) is 3.49. The Labute approximate surface area is 100 Å². The Morgan fingerprint density at radius 2 is 2.53 bits per heavy atom. The molecule has 94 valence electrons. The zero-order valence-electron chi connectivity index (χ0n) is 9.94. The molecule has 0 spiro atoms. The minimum absolute atomic E-state index is 0.0472. The fraction of sp³-hybridized carbons (Fsp3) is 0.583. The zero-order chi connectivity index (χ0) is 12.3. The van der Waals surface area contributed by atoms with E-state index < -0.39 is 5.41 Å². The van der Waals surface area contributed by atoms with Crippen molar-refractivity contribution in [2.24, 2.45) is 11.1 Å². The highest BCUT2D eigenvalue weighted by molar-refractivity contribution is 5.83. The quantitative estimate of drug-likeness (QED) is 0.791. The van der Waals surface area contributed by atoms with Crippen molar-refractivity contribution in [1.29, 1.82) is 0 Å². The van der Waals surface area contributed by atoms with Gasteiger partial charge in [-0.25, -0.2) is 0 Å². The first-order chi connectivity index (χ1) is 8.13. The zero-order valence-corrected chi connectivity index (χ0v) is 9.94. The van der Waals surface area contributed by atoms with Gasteiger partial charge in [0.1, 0.15) is 5.76 Å². The third-order valence-corrected chi connectivity index (χ3v) is 3.27. The second-order valence-corrected chi connectivity index (χ2v) is 4.62. The molecule has 5 nitrogen and oxygen atoms in total. The van der Waals surface area contributed by atoms with Gasteiger partial charge in [0.15, 0.2) is 0 Å². The SMILES string of the molecule is CC1(C(=O)NCCc2ccco2)COCC1N. The summed E-state index contributed by atoms with van der Waals surface area (Å²) in [5.74, 6) is 0.816. The summed E-state index contributed by atoms with van der Waals surface area (Å²) in [6.07, 6.45) is 2.31. The molecular formula is C12H18N2O3. The van der Waals surface area contributed by atoms with Gasteiger partial charge >= 0.3 is 0 Å². The highest BCUT2D eigenvalue weighted by atomic mass is 16.5. The lowest BCUT2D eigenvalue weighted by molar-refractivity contribution is -0.130. The lowest BCUT2D eigenvalue weighted by atomic mass is 9.85. The fourth-order valence-electron chi connectivity index (χ4n) is 1.88. The number of hydrogen-bond acceptors (Lipinski definition) is 4. The number of amides is 1. The van der Waals surface area contributed by atoms with Gasteiger partial charge in [-0.15, -0.1) is 0 Å². The molecule has 0 aliphatic carbocycles. The summed E-state index contributed by atoms with van der Waals surface area (Å²) >= 11 is 0. The van der Waals surface area contributed by atoms with E-state index in [4.69, 9.17) is 14.9 Å². The number of furan rings is 1. The molecule has 2 rings (SSSR count). The summed E-state index contributed by atoms with van der Waals surface area (Å²) in [6.45, 7) is 3.23. The second kappa shape index (κ2) is 4.89. The normalized spacial score (nSPS) is 28.2. The Hall–Kier alpha value is -1.33. The van der Waals surface area contributed by atoms with E-state index in [1.807, 2.05) is 19.1 Å². The van der Waals surface area contributed by atoms with Crippen LogP contribution in [0.5, 0.6) is 0 Å². The molecule has 17 heavy (non-hydrogen) atoms. The van der Waals surface area contributed by atoms with E-state index in [1.54, 1.807) is 6.26 Å².